The van der Waals surface area contributed by atoms with E-state index >= 15 is 0 Å². The minimum absolute atomic E-state index is 0.0259. The van der Waals surface area contributed by atoms with Crippen LogP contribution in [0.2, 0.25) is 0 Å². The van der Waals surface area contributed by atoms with Crippen molar-refractivity contribution in [2.75, 3.05) is 26.7 Å². The van der Waals surface area contributed by atoms with Crippen LogP contribution in [-0.2, 0) is 0 Å². The van der Waals surface area contributed by atoms with Crippen LogP contribution in [0.15, 0.2) is 65.4 Å². The van der Waals surface area contributed by atoms with Crippen molar-refractivity contribution in [1.82, 2.24) is 10.2 Å². The smallest absolute Gasteiger partial charge is 0.0389 e. The number of unbranched alkanes of at least 4 members (excludes halogenated alkanes) is 5. The molecule has 1 unspecified atom stereocenters. The molecular formula is C31H51N3. The Balaban J connectivity index is 2.02. The van der Waals surface area contributed by atoms with Gasteiger partial charge in [0.1, 0.15) is 0 Å². The van der Waals surface area contributed by atoms with Crippen LogP contribution >= 0.6 is 0 Å². The molecule has 0 aromatic rings. The maximum absolute atomic E-state index is 4.67. The van der Waals surface area contributed by atoms with Gasteiger partial charge < -0.3 is 10.2 Å². The first-order valence-electron chi connectivity index (χ1n) is 13.7. The lowest BCUT2D eigenvalue weighted by molar-refractivity contribution is 0.261. The van der Waals surface area contributed by atoms with Crippen LogP contribution in [0.5, 0.6) is 0 Å². The Labute approximate surface area is 210 Å². The molecule has 0 spiro atoms. The largest absolute Gasteiger partial charge is 0.377 e. The topological polar surface area (TPSA) is 27.6 Å². The summed E-state index contributed by atoms with van der Waals surface area (Å²) in [5.74, 6) is 0. The second kappa shape index (κ2) is 15.2. The van der Waals surface area contributed by atoms with Gasteiger partial charge in [-0.15, -0.1) is 0 Å². The second-order valence-corrected chi connectivity index (χ2v) is 10.7. The normalized spacial score (nSPS) is 24.4. The number of nitrogens with one attached hydrogen (secondary N) is 1. The van der Waals surface area contributed by atoms with E-state index in [4.69, 9.17) is 0 Å². The summed E-state index contributed by atoms with van der Waals surface area (Å²) in [5.41, 5.74) is 5.18. The molecule has 3 heteroatoms. The first kappa shape index (κ1) is 28.4. The average Bonchev–Trinajstić information content (AvgIpc) is 2.82. The molecule has 0 bridgehead atoms. The summed E-state index contributed by atoms with van der Waals surface area (Å²) in [6.07, 6.45) is 22.8. The maximum Gasteiger partial charge on any atom is 0.0389 e. The highest BCUT2D eigenvalue weighted by Crippen LogP contribution is 2.44. The molecule has 2 rings (SSSR count). The second-order valence-electron chi connectivity index (χ2n) is 10.7. The highest BCUT2D eigenvalue weighted by molar-refractivity contribution is 5.73. The summed E-state index contributed by atoms with van der Waals surface area (Å²) in [5, 5.41) is 3.47. The molecule has 190 valence electrons. The van der Waals surface area contributed by atoms with Gasteiger partial charge in [-0.3, -0.25) is 4.99 Å². The number of piperidine rings is 1. The SMILES string of the molecule is C=C/C(=C\C=NCCCCCCCC)C1(C)CC/C(=C/N(C)C2CCNCC2)C(=C)CC(=C)C1. The molecule has 0 amide bonds. The molecule has 2 aliphatic rings. The Morgan fingerprint density at radius 1 is 1.15 bits per heavy atom. The molecule has 34 heavy (non-hydrogen) atoms. The van der Waals surface area contributed by atoms with Crippen LogP contribution in [0.4, 0.5) is 0 Å². The number of aliphatic imine (C=N–C) groups is 1. The van der Waals surface area contributed by atoms with E-state index in [1.807, 2.05) is 12.3 Å². The molecule has 1 aliphatic carbocycles. The molecule has 3 nitrogen and oxygen atoms in total. The molecule has 1 N–H and O–H groups in total. The van der Waals surface area contributed by atoms with Gasteiger partial charge in [0.2, 0.25) is 0 Å². The summed E-state index contributed by atoms with van der Waals surface area (Å²) in [4.78, 5) is 7.11. The Kier molecular flexibility index (Phi) is 12.7. The zero-order valence-electron chi connectivity index (χ0n) is 22.5. The number of allylic oxidation sites excluding steroid dienone is 6. The third-order valence-corrected chi connectivity index (χ3v) is 7.67. The predicted octanol–water partition coefficient (Wildman–Crippen LogP) is 7.79. The molecule has 2 fully saturated rings. The van der Waals surface area contributed by atoms with Crippen LogP contribution in [0.1, 0.15) is 90.9 Å². The van der Waals surface area contributed by atoms with Crippen molar-refractivity contribution < 1.29 is 0 Å². The number of rotatable bonds is 12. The Morgan fingerprint density at radius 3 is 2.56 bits per heavy atom. The van der Waals surface area contributed by atoms with Gasteiger partial charge in [-0.05, 0) is 86.2 Å². The monoisotopic (exact) mass is 465 g/mol. The van der Waals surface area contributed by atoms with E-state index in [-0.39, 0.29) is 5.41 Å². The van der Waals surface area contributed by atoms with Crippen LogP contribution in [-0.4, -0.2) is 43.8 Å². The highest BCUT2D eigenvalue weighted by Gasteiger charge is 2.30. The summed E-state index contributed by atoms with van der Waals surface area (Å²) in [7, 11) is 2.23. The number of hydrogen-bond acceptors (Lipinski definition) is 3. The summed E-state index contributed by atoms with van der Waals surface area (Å²) in [6, 6.07) is 0.619. The third kappa shape index (κ3) is 9.41. The van der Waals surface area contributed by atoms with Gasteiger partial charge >= 0.3 is 0 Å². The fourth-order valence-corrected chi connectivity index (χ4v) is 5.38. The zero-order valence-corrected chi connectivity index (χ0v) is 22.5. The molecule has 1 saturated carbocycles. The van der Waals surface area contributed by atoms with Gasteiger partial charge in [0, 0.05) is 32.0 Å². The first-order chi connectivity index (χ1) is 16.4. The lowest BCUT2D eigenvalue weighted by Gasteiger charge is -2.36. The van der Waals surface area contributed by atoms with E-state index < -0.39 is 0 Å². The van der Waals surface area contributed by atoms with E-state index in [0.29, 0.717) is 6.04 Å². The maximum atomic E-state index is 4.67. The van der Waals surface area contributed by atoms with Gasteiger partial charge in [-0.25, -0.2) is 0 Å². The molecule has 1 heterocycles. The molecule has 0 radical (unpaired) electrons. The molecule has 0 aromatic carbocycles. The van der Waals surface area contributed by atoms with Gasteiger partial charge in [0.25, 0.3) is 0 Å². The van der Waals surface area contributed by atoms with Gasteiger partial charge in [0.15, 0.2) is 0 Å². The standard InChI is InChI=1S/C31H51N3/c1-7-9-10-11-12-13-19-32-20-15-29(8-2)31(5)18-14-28(27(4)23-26(3)24-31)25-34(6)30-16-21-33-22-17-30/h8,15,20,25,30,33H,2-4,7,9-14,16-19,21-24H2,1,5-6H3/b28-25-,29-15+,32-20?. The van der Waals surface area contributed by atoms with Crippen molar-refractivity contribution >= 4 is 6.21 Å². The summed E-state index contributed by atoms with van der Waals surface area (Å²) >= 11 is 0. The molecule has 1 atom stereocenters. The van der Waals surface area contributed by atoms with Crippen LogP contribution in [0.3, 0.4) is 0 Å². The van der Waals surface area contributed by atoms with Crippen molar-refractivity contribution in [3.8, 4) is 0 Å². The van der Waals surface area contributed by atoms with E-state index in [0.717, 1.165) is 45.3 Å². The Morgan fingerprint density at radius 2 is 1.85 bits per heavy atom. The lowest BCUT2D eigenvalue weighted by atomic mass is 9.70. The van der Waals surface area contributed by atoms with E-state index in [1.165, 1.54) is 73.7 Å². The van der Waals surface area contributed by atoms with Crippen molar-refractivity contribution in [1.29, 1.82) is 0 Å². The van der Waals surface area contributed by atoms with Gasteiger partial charge in [-0.1, -0.05) is 77.3 Å². The van der Waals surface area contributed by atoms with Crippen molar-refractivity contribution in [2.45, 2.75) is 96.9 Å². The van der Waals surface area contributed by atoms with Crippen molar-refractivity contribution in [3.05, 3.63) is 60.4 Å². The fraction of sp³-hybridized carbons (Fsp3) is 0.645. The minimum Gasteiger partial charge on any atom is -0.377 e. The van der Waals surface area contributed by atoms with E-state index in [9.17, 15) is 0 Å². The molecule has 1 saturated heterocycles. The molecular weight excluding hydrogens is 414 g/mol. The zero-order chi connectivity index (χ0) is 24.8. The van der Waals surface area contributed by atoms with Crippen LogP contribution < -0.4 is 5.32 Å². The third-order valence-electron chi connectivity index (χ3n) is 7.67. The quantitative estimate of drug-likeness (QED) is 0.138. The number of nitrogens with zero attached hydrogens (tertiary/aromatic N) is 2. The molecule has 1 aliphatic heterocycles. The first-order valence-corrected chi connectivity index (χ1v) is 13.7. The van der Waals surface area contributed by atoms with Crippen LogP contribution in [0.25, 0.3) is 0 Å². The van der Waals surface area contributed by atoms with E-state index in [2.05, 4.69) is 68.1 Å². The van der Waals surface area contributed by atoms with Gasteiger partial charge in [-0.2, -0.15) is 0 Å². The lowest BCUT2D eigenvalue weighted by Crippen LogP contribution is -2.39. The molecule has 0 aromatic heterocycles. The van der Waals surface area contributed by atoms with Crippen molar-refractivity contribution in [2.24, 2.45) is 10.4 Å². The summed E-state index contributed by atoms with van der Waals surface area (Å²) < 4.78 is 0. The average molecular weight is 466 g/mol. The van der Waals surface area contributed by atoms with Gasteiger partial charge in [0.05, 0.1) is 0 Å². The Hall–Kier alpha value is -1.87. The Bertz CT molecular complexity index is 751. The number of hydrogen-bond donors (Lipinski definition) is 1. The minimum atomic E-state index is 0.0259. The van der Waals surface area contributed by atoms with Crippen molar-refractivity contribution in [3.63, 3.8) is 0 Å². The summed E-state index contributed by atoms with van der Waals surface area (Å²) in [6.45, 7) is 20.8. The predicted molar refractivity (Wildman–Crippen MR) is 152 cm³/mol. The fourth-order valence-electron chi connectivity index (χ4n) is 5.38. The van der Waals surface area contributed by atoms with Crippen LogP contribution in [0, 0.1) is 5.41 Å². The highest BCUT2D eigenvalue weighted by atomic mass is 15.1. The van der Waals surface area contributed by atoms with E-state index in [1.54, 1.807) is 0 Å².